The molecule has 2 aromatic rings. The van der Waals surface area contributed by atoms with E-state index >= 15 is 0 Å². The number of carbonyl (C=O) groups is 2. The van der Waals surface area contributed by atoms with Crippen LogP contribution in [0.4, 0.5) is 0 Å². The number of benzene rings is 2. The maximum Gasteiger partial charge on any atom is 0.337 e. The highest BCUT2D eigenvalue weighted by molar-refractivity contribution is 5.90. The van der Waals surface area contributed by atoms with Gasteiger partial charge in [0.2, 0.25) is 0 Å². The summed E-state index contributed by atoms with van der Waals surface area (Å²) in [6, 6.07) is 13.0. The second-order valence-electron chi connectivity index (χ2n) is 7.19. The van der Waals surface area contributed by atoms with Gasteiger partial charge in [-0.25, -0.2) is 4.79 Å². The summed E-state index contributed by atoms with van der Waals surface area (Å²) in [6.07, 6.45) is 0.889. The summed E-state index contributed by atoms with van der Waals surface area (Å²) in [6.45, 7) is 5.57. The van der Waals surface area contributed by atoms with Crippen molar-refractivity contribution in [3.05, 3.63) is 53.6 Å². The van der Waals surface area contributed by atoms with Crippen molar-refractivity contribution >= 4 is 11.9 Å². The Morgan fingerprint density at radius 3 is 2.19 bits per heavy atom. The molecule has 27 heavy (non-hydrogen) atoms. The Morgan fingerprint density at radius 1 is 0.963 bits per heavy atom. The third-order valence-corrected chi connectivity index (χ3v) is 3.92. The number of hydrogen-bond acceptors (Lipinski definition) is 5. The van der Waals surface area contributed by atoms with E-state index in [0.717, 1.165) is 16.7 Å². The van der Waals surface area contributed by atoms with E-state index in [1.54, 1.807) is 19.2 Å². The van der Waals surface area contributed by atoms with E-state index < -0.39 is 5.60 Å². The molecule has 0 saturated carbocycles. The zero-order chi connectivity index (χ0) is 20.0. The number of hydrogen-bond donors (Lipinski definition) is 0. The van der Waals surface area contributed by atoms with E-state index in [0.29, 0.717) is 24.2 Å². The molecule has 0 spiro atoms. The molecule has 0 bridgehead atoms. The summed E-state index contributed by atoms with van der Waals surface area (Å²) in [5.74, 6) is 0.123. The molecule has 144 valence electrons. The molecule has 5 heteroatoms. The van der Waals surface area contributed by atoms with Crippen LogP contribution in [0.3, 0.4) is 0 Å². The lowest BCUT2D eigenvalue weighted by atomic mass is 9.99. The van der Waals surface area contributed by atoms with Gasteiger partial charge in [0, 0.05) is 12.0 Å². The topological polar surface area (TPSA) is 61.8 Å². The Balaban J connectivity index is 2.14. The van der Waals surface area contributed by atoms with Crippen LogP contribution in [0.5, 0.6) is 5.75 Å². The van der Waals surface area contributed by atoms with Gasteiger partial charge < -0.3 is 14.2 Å². The maximum atomic E-state index is 11.9. The van der Waals surface area contributed by atoms with Crippen molar-refractivity contribution in [1.29, 1.82) is 0 Å². The summed E-state index contributed by atoms with van der Waals surface area (Å²) in [5, 5.41) is 0. The van der Waals surface area contributed by atoms with Gasteiger partial charge in [-0.05, 0) is 56.5 Å². The van der Waals surface area contributed by atoms with Gasteiger partial charge >= 0.3 is 11.9 Å². The zero-order valence-corrected chi connectivity index (χ0v) is 16.5. The molecule has 0 N–H and O–H groups in total. The van der Waals surface area contributed by atoms with Gasteiger partial charge in [0.1, 0.15) is 11.4 Å². The van der Waals surface area contributed by atoms with Crippen LogP contribution < -0.4 is 4.74 Å². The highest BCUT2D eigenvalue weighted by Crippen LogP contribution is 2.31. The van der Waals surface area contributed by atoms with E-state index in [1.807, 2.05) is 51.1 Å². The van der Waals surface area contributed by atoms with Crippen molar-refractivity contribution in [2.75, 3.05) is 14.2 Å². The first kappa shape index (κ1) is 20.5. The largest absolute Gasteiger partial charge is 0.496 e. The third-order valence-electron chi connectivity index (χ3n) is 3.92. The quantitative estimate of drug-likeness (QED) is 0.704. The van der Waals surface area contributed by atoms with Gasteiger partial charge in [-0.2, -0.15) is 0 Å². The molecule has 0 aromatic heterocycles. The van der Waals surface area contributed by atoms with Gasteiger partial charge in [0.25, 0.3) is 0 Å². The van der Waals surface area contributed by atoms with Gasteiger partial charge in [-0.3, -0.25) is 4.79 Å². The van der Waals surface area contributed by atoms with E-state index in [2.05, 4.69) is 0 Å². The standard InChI is InChI=1S/C22H26O5/c1-22(2,3)27-20(23)13-7-15-6-12-18(19(14-15)25-4)16-8-10-17(11-9-16)21(24)26-5/h6,8-12,14H,7,13H2,1-5H3. The molecule has 0 heterocycles. The van der Waals surface area contributed by atoms with E-state index in [-0.39, 0.29) is 11.9 Å². The predicted molar refractivity (Wildman–Crippen MR) is 104 cm³/mol. The van der Waals surface area contributed by atoms with E-state index in [1.165, 1.54) is 7.11 Å². The molecule has 0 aliphatic carbocycles. The number of methoxy groups -OCH3 is 2. The van der Waals surface area contributed by atoms with Crippen molar-refractivity contribution in [3.63, 3.8) is 0 Å². The zero-order valence-electron chi connectivity index (χ0n) is 16.5. The van der Waals surface area contributed by atoms with Crippen LogP contribution >= 0.6 is 0 Å². The predicted octanol–water partition coefficient (Wildman–Crippen LogP) is 4.42. The van der Waals surface area contributed by atoms with Crippen LogP contribution in [0.2, 0.25) is 0 Å². The van der Waals surface area contributed by atoms with Crippen molar-refractivity contribution < 1.29 is 23.8 Å². The van der Waals surface area contributed by atoms with Gasteiger partial charge in [0.15, 0.2) is 0 Å². The van der Waals surface area contributed by atoms with Gasteiger partial charge in [0.05, 0.1) is 19.8 Å². The monoisotopic (exact) mass is 370 g/mol. The summed E-state index contributed by atoms with van der Waals surface area (Å²) in [7, 11) is 2.97. The molecule has 5 nitrogen and oxygen atoms in total. The first-order valence-corrected chi connectivity index (χ1v) is 8.81. The molecule has 0 saturated heterocycles. The van der Waals surface area contributed by atoms with E-state index in [9.17, 15) is 9.59 Å². The molecule has 2 aromatic carbocycles. The summed E-state index contributed by atoms with van der Waals surface area (Å²) >= 11 is 0. The van der Waals surface area contributed by atoms with Crippen molar-refractivity contribution in [2.24, 2.45) is 0 Å². The molecule has 0 radical (unpaired) electrons. The average molecular weight is 370 g/mol. The lowest BCUT2D eigenvalue weighted by Crippen LogP contribution is -2.24. The number of carbonyl (C=O) groups excluding carboxylic acids is 2. The van der Waals surface area contributed by atoms with Crippen molar-refractivity contribution in [2.45, 2.75) is 39.2 Å². The molecule has 0 unspecified atom stereocenters. The molecular formula is C22H26O5. The lowest BCUT2D eigenvalue weighted by molar-refractivity contribution is -0.154. The van der Waals surface area contributed by atoms with Crippen LogP contribution in [0.15, 0.2) is 42.5 Å². The second-order valence-corrected chi connectivity index (χ2v) is 7.19. The Bertz CT molecular complexity index is 800. The summed E-state index contributed by atoms with van der Waals surface area (Å²) < 4.78 is 15.6. The minimum Gasteiger partial charge on any atom is -0.496 e. The molecule has 0 aliphatic rings. The minimum absolute atomic E-state index is 0.219. The van der Waals surface area contributed by atoms with Crippen LogP contribution in [-0.4, -0.2) is 31.8 Å². The number of aryl methyl sites for hydroxylation is 1. The highest BCUT2D eigenvalue weighted by Gasteiger charge is 2.16. The number of rotatable bonds is 6. The fourth-order valence-electron chi connectivity index (χ4n) is 2.67. The second kappa shape index (κ2) is 8.71. The fourth-order valence-corrected chi connectivity index (χ4v) is 2.67. The molecule has 0 fully saturated rings. The Hall–Kier alpha value is -2.82. The average Bonchev–Trinajstić information content (AvgIpc) is 2.64. The molecular weight excluding hydrogens is 344 g/mol. The Morgan fingerprint density at radius 2 is 1.63 bits per heavy atom. The fraction of sp³-hybridized carbons (Fsp3) is 0.364. The van der Waals surface area contributed by atoms with Crippen molar-refractivity contribution in [3.8, 4) is 16.9 Å². The Labute approximate surface area is 160 Å². The van der Waals surface area contributed by atoms with Crippen LogP contribution in [0.1, 0.15) is 43.1 Å². The maximum absolute atomic E-state index is 11.9. The lowest BCUT2D eigenvalue weighted by Gasteiger charge is -2.19. The third kappa shape index (κ3) is 5.84. The summed E-state index contributed by atoms with van der Waals surface area (Å²) in [4.78, 5) is 23.5. The van der Waals surface area contributed by atoms with E-state index in [4.69, 9.17) is 14.2 Å². The first-order valence-electron chi connectivity index (χ1n) is 8.81. The molecule has 2 rings (SSSR count). The van der Waals surface area contributed by atoms with Crippen molar-refractivity contribution in [1.82, 2.24) is 0 Å². The summed E-state index contributed by atoms with van der Waals surface area (Å²) in [5.41, 5.74) is 2.85. The smallest absolute Gasteiger partial charge is 0.337 e. The number of esters is 2. The normalized spacial score (nSPS) is 11.0. The number of ether oxygens (including phenoxy) is 3. The highest BCUT2D eigenvalue weighted by atomic mass is 16.6. The molecule has 0 aliphatic heterocycles. The first-order chi connectivity index (χ1) is 12.7. The van der Waals surface area contributed by atoms with Crippen LogP contribution in [0, 0.1) is 0 Å². The van der Waals surface area contributed by atoms with Gasteiger partial charge in [-0.1, -0.05) is 24.3 Å². The SMILES string of the molecule is COC(=O)c1ccc(-c2ccc(CCC(=O)OC(C)(C)C)cc2OC)cc1. The molecule has 0 amide bonds. The molecule has 0 atom stereocenters. The minimum atomic E-state index is -0.477. The Kier molecular flexibility index (Phi) is 6.61. The van der Waals surface area contributed by atoms with Gasteiger partial charge in [-0.15, -0.1) is 0 Å². The van der Waals surface area contributed by atoms with Crippen LogP contribution in [0.25, 0.3) is 11.1 Å². The van der Waals surface area contributed by atoms with Crippen LogP contribution in [-0.2, 0) is 20.7 Å².